The summed E-state index contributed by atoms with van der Waals surface area (Å²) in [6.07, 6.45) is 2.80. The number of hydrogen-bond donors (Lipinski definition) is 0. The summed E-state index contributed by atoms with van der Waals surface area (Å²) in [6.45, 7) is 1.68. The third-order valence-electron chi connectivity index (χ3n) is 1.86. The van der Waals surface area contributed by atoms with E-state index in [1.54, 1.807) is 13.8 Å². The van der Waals surface area contributed by atoms with E-state index in [1.807, 2.05) is 0 Å². The van der Waals surface area contributed by atoms with Crippen molar-refractivity contribution in [1.82, 2.24) is 14.9 Å². The van der Waals surface area contributed by atoms with Crippen LogP contribution in [0.1, 0.15) is 32.8 Å². The van der Waals surface area contributed by atoms with E-state index in [-0.39, 0.29) is 17.4 Å². The molecule has 0 radical (unpaired) electrons. The highest BCUT2D eigenvalue weighted by Crippen LogP contribution is 2.19. The van der Waals surface area contributed by atoms with Gasteiger partial charge in [-0.2, -0.15) is 0 Å². The van der Waals surface area contributed by atoms with Crippen LogP contribution in [-0.2, 0) is 6.50 Å². The van der Waals surface area contributed by atoms with Crippen molar-refractivity contribution in [3.05, 3.63) is 23.8 Å². The number of amides is 1. The van der Waals surface area contributed by atoms with E-state index in [0.29, 0.717) is 0 Å². The van der Waals surface area contributed by atoms with Gasteiger partial charge in [0.1, 0.15) is 0 Å². The molecular weight excluding hydrogens is 166 g/mol. The highest BCUT2D eigenvalue weighted by Gasteiger charge is 2.30. The van der Waals surface area contributed by atoms with E-state index in [9.17, 15) is 4.79 Å². The molecule has 0 fully saturated rings. The highest BCUT2D eigenvalue weighted by atomic mass is 16.2. The average molecular weight is 179 g/mol. The summed E-state index contributed by atoms with van der Waals surface area (Å²) >= 11 is 0. The van der Waals surface area contributed by atoms with Gasteiger partial charge >= 0.3 is 0 Å². The van der Waals surface area contributed by atoms with Crippen LogP contribution in [0.25, 0.3) is 0 Å². The molecule has 0 unspecified atom stereocenters. The maximum atomic E-state index is 11.8. The molecule has 1 aromatic rings. The van der Waals surface area contributed by atoms with Crippen molar-refractivity contribution >= 4 is 5.91 Å². The lowest BCUT2D eigenvalue weighted by atomic mass is 10.3. The standard InChI is InChI=1S/C9H11N3O/c1-6(2)12-5-7-8(9(12)13)11-4-3-10-7/h3-4,6H,5H2,1-2H3/i5D2. The fourth-order valence-corrected chi connectivity index (χ4v) is 1.22. The minimum atomic E-state index is -1.85. The van der Waals surface area contributed by atoms with Crippen LogP contribution < -0.4 is 0 Å². The first-order chi connectivity index (χ1) is 6.96. The van der Waals surface area contributed by atoms with Gasteiger partial charge in [0.05, 0.1) is 14.9 Å². The molecule has 1 amide bonds. The summed E-state index contributed by atoms with van der Waals surface area (Å²) in [7, 11) is 0. The van der Waals surface area contributed by atoms with E-state index >= 15 is 0 Å². The van der Waals surface area contributed by atoms with E-state index in [1.165, 1.54) is 12.4 Å². The van der Waals surface area contributed by atoms with E-state index in [4.69, 9.17) is 2.74 Å². The largest absolute Gasteiger partial charge is 0.329 e. The van der Waals surface area contributed by atoms with Crippen molar-refractivity contribution in [1.29, 1.82) is 0 Å². The molecule has 1 aliphatic rings. The van der Waals surface area contributed by atoms with Gasteiger partial charge < -0.3 is 4.90 Å². The molecule has 68 valence electrons. The van der Waals surface area contributed by atoms with Crippen LogP contribution in [0.4, 0.5) is 0 Å². The molecule has 0 aliphatic carbocycles. The molecule has 0 N–H and O–H groups in total. The van der Waals surface area contributed by atoms with Crippen molar-refractivity contribution in [2.45, 2.75) is 26.4 Å². The first-order valence-electron chi connectivity index (χ1n) is 5.11. The van der Waals surface area contributed by atoms with Crippen molar-refractivity contribution in [2.75, 3.05) is 0 Å². The minimum absolute atomic E-state index is 0.115. The highest BCUT2D eigenvalue weighted by molar-refractivity contribution is 5.95. The summed E-state index contributed by atoms with van der Waals surface area (Å²) in [5, 5.41) is 0. The van der Waals surface area contributed by atoms with E-state index < -0.39 is 12.4 Å². The zero-order valence-electron chi connectivity index (χ0n) is 9.48. The number of carbonyl (C=O) groups is 1. The van der Waals surface area contributed by atoms with Crippen LogP contribution in [-0.4, -0.2) is 26.8 Å². The summed E-state index contributed by atoms with van der Waals surface area (Å²) in [4.78, 5) is 20.8. The van der Waals surface area contributed by atoms with Gasteiger partial charge in [0.25, 0.3) is 5.91 Å². The third-order valence-corrected chi connectivity index (χ3v) is 1.86. The van der Waals surface area contributed by atoms with Gasteiger partial charge in [-0.3, -0.25) is 9.78 Å². The van der Waals surface area contributed by atoms with Crippen molar-refractivity contribution in [3.8, 4) is 0 Å². The smallest absolute Gasteiger partial charge is 0.275 e. The number of aromatic nitrogens is 2. The first-order valence-corrected chi connectivity index (χ1v) is 4.11. The molecule has 0 saturated carbocycles. The molecule has 4 heteroatoms. The summed E-state index contributed by atoms with van der Waals surface area (Å²) in [5.41, 5.74) is 0.236. The fourth-order valence-electron chi connectivity index (χ4n) is 1.22. The van der Waals surface area contributed by atoms with Crippen molar-refractivity contribution < 1.29 is 7.54 Å². The lowest BCUT2D eigenvalue weighted by Gasteiger charge is -2.18. The Hall–Kier alpha value is -1.45. The average Bonchev–Trinajstić information content (AvgIpc) is 2.36. The predicted molar refractivity (Wildman–Crippen MR) is 47.0 cm³/mol. The van der Waals surface area contributed by atoms with E-state index in [2.05, 4.69) is 9.97 Å². The van der Waals surface area contributed by atoms with Gasteiger partial charge in [-0.1, -0.05) is 0 Å². The summed E-state index contributed by atoms with van der Waals surface area (Å²) in [5.74, 6) is -0.391. The number of rotatable bonds is 1. The molecule has 2 rings (SSSR count). The van der Waals surface area contributed by atoms with Crippen LogP contribution in [0.15, 0.2) is 12.4 Å². The summed E-state index contributed by atoms with van der Waals surface area (Å²) < 4.78 is 15.7. The molecule has 2 heterocycles. The van der Waals surface area contributed by atoms with Gasteiger partial charge in [-0.15, -0.1) is 0 Å². The molecule has 0 bridgehead atoms. The number of fused-ring (bicyclic) bond motifs is 1. The third kappa shape index (κ3) is 1.18. The van der Waals surface area contributed by atoms with Crippen LogP contribution in [0, 0.1) is 0 Å². The molecule has 1 aromatic heterocycles. The van der Waals surface area contributed by atoms with Gasteiger partial charge in [0, 0.05) is 18.4 Å². The van der Waals surface area contributed by atoms with Gasteiger partial charge in [0.2, 0.25) is 0 Å². The Bertz CT molecular complexity index is 420. The summed E-state index contributed by atoms with van der Waals surface area (Å²) in [6, 6.07) is -0.219. The van der Waals surface area contributed by atoms with Gasteiger partial charge in [-0.25, -0.2) is 4.98 Å². The number of hydrogen-bond acceptors (Lipinski definition) is 3. The van der Waals surface area contributed by atoms with Crippen molar-refractivity contribution in [3.63, 3.8) is 0 Å². The Labute approximate surface area is 79.4 Å². The SMILES string of the molecule is [2H]C1([2H])c2nccnc2C(=O)N1C(C)C. The Morgan fingerprint density at radius 1 is 1.54 bits per heavy atom. The molecule has 0 saturated heterocycles. The Morgan fingerprint density at radius 3 is 2.85 bits per heavy atom. The zero-order chi connectivity index (χ0) is 11.2. The first kappa shape index (κ1) is 6.07. The maximum absolute atomic E-state index is 11.8. The predicted octanol–water partition coefficient (Wildman–Crippen LogP) is 0.841. The number of carbonyl (C=O) groups excluding carboxylic acids is 1. The number of nitrogens with zero attached hydrogens (tertiary/aromatic N) is 3. The molecule has 0 aromatic carbocycles. The second-order valence-electron chi connectivity index (χ2n) is 3.13. The normalized spacial score (nSPS) is 21.5. The molecule has 13 heavy (non-hydrogen) atoms. The monoisotopic (exact) mass is 179 g/mol. The molecule has 0 spiro atoms. The Morgan fingerprint density at radius 2 is 2.23 bits per heavy atom. The lowest BCUT2D eigenvalue weighted by molar-refractivity contribution is 0.0726. The Balaban J connectivity index is 2.60. The zero-order valence-corrected chi connectivity index (χ0v) is 7.48. The van der Waals surface area contributed by atoms with Crippen LogP contribution in [0.2, 0.25) is 0 Å². The van der Waals surface area contributed by atoms with Crippen LogP contribution >= 0.6 is 0 Å². The molecular formula is C9H11N3O. The molecule has 1 aliphatic heterocycles. The second-order valence-corrected chi connectivity index (χ2v) is 3.13. The minimum Gasteiger partial charge on any atom is -0.329 e. The van der Waals surface area contributed by atoms with E-state index in [0.717, 1.165) is 4.90 Å². The molecule has 4 nitrogen and oxygen atoms in total. The topological polar surface area (TPSA) is 46.1 Å². The van der Waals surface area contributed by atoms with Gasteiger partial charge in [-0.05, 0) is 13.8 Å². The maximum Gasteiger partial charge on any atom is 0.275 e. The van der Waals surface area contributed by atoms with Crippen LogP contribution in [0.5, 0.6) is 0 Å². The Kier molecular flexibility index (Phi) is 1.31. The molecule has 0 atom stereocenters. The van der Waals surface area contributed by atoms with Crippen molar-refractivity contribution in [2.24, 2.45) is 0 Å². The van der Waals surface area contributed by atoms with Gasteiger partial charge in [0.15, 0.2) is 5.69 Å². The quantitative estimate of drug-likeness (QED) is 0.641. The second kappa shape index (κ2) is 2.80. The fraction of sp³-hybridized carbons (Fsp3) is 0.444. The lowest BCUT2D eigenvalue weighted by Crippen LogP contribution is -2.31. The van der Waals surface area contributed by atoms with Crippen LogP contribution in [0.3, 0.4) is 0 Å².